The van der Waals surface area contributed by atoms with Gasteiger partial charge in [0, 0.05) is 18.5 Å². The maximum absolute atomic E-state index is 12.8. The Kier molecular flexibility index (Phi) is 6.37. The van der Waals surface area contributed by atoms with Crippen LogP contribution in [0.4, 0.5) is 0 Å². The van der Waals surface area contributed by atoms with Crippen molar-refractivity contribution in [2.75, 3.05) is 13.7 Å². The van der Waals surface area contributed by atoms with Gasteiger partial charge in [0.15, 0.2) is 0 Å². The quantitative estimate of drug-likeness (QED) is 0.740. The van der Waals surface area contributed by atoms with Gasteiger partial charge in [-0.2, -0.15) is 5.26 Å². The maximum atomic E-state index is 12.8. The summed E-state index contributed by atoms with van der Waals surface area (Å²) in [6.07, 6.45) is -0.289. The Hall–Kier alpha value is -3.11. The highest BCUT2D eigenvalue weighted by molar-refractivity contribution is 5.99. The molecule has 1 aliphatic rings. The molecular formula is C20H22N2O5. The number of nitriles is 1. The topological polar surface area (TPSA) is 109 Å². The predicted octanol–water partition coefficient (Wildman–Crippen LogP) is 2.46. The van der Waals surface area contributed by atoms with Gasteiger partial charge in [0.1, 0.15) is 6.61 Å². The second-order valence-electron chi connectivity index (χ2n) is 6.32. The van der Waals surface area contributed by atoms with Crippen LogP contribution < -0.4 is 5.32 Å². The monoisotopic (exact) mass is 370 g/mol. The molecule has 7 heteroatoms. The van der Waals surface area contributed by atoms with Crippen LogP contribution >= 0.6 is 0 Å². The Morgan fingerprint density at radius 1 is 1.30 bits per heavy atom. The van der Waals surface area contributed by atoms with Gasteiger partial charge in [0.25, 0.3) is 0 Å². The summed E-state index contributed by atoms with van der Waals surface area (Å²) in [4.78, 5) is 24.7. The molecule has 142 valence electrons. The zero-order valence-electron chi connectivity index (χ0n) is 15.7. The summed E-state index contributed by atoms with van der Waals surface area (Å²) in [5.41, 5.74) is 2.12. The van der Waals surface area contributed by atoms with Gasteiger partial charge in [-0.1, -0.05) is 12.1 Å². The Labute approximate surface area is 157 Å². The zero-order valence-corrected chi connectivity index (χ0v) is 15.7. The van der Waals surface area contributed by atoms with Crippen molar-refractivity contribution in [3.05, 3.63) is 57.9 Å². The van der Waals surface area contributed by atoms with E-state index in [9.17, 15) is 20.0 Å². The van der Waals surface area contributed by atoms with E-state index in [4.69, 9.17) is 9.47 Å². The van der Waals surface area contributed by atoms with Crippen molar-refractivity contribution in [3.8, 4) is 6.07 Å². The SMILES string of the molecule is COC(C)COC(=O)C1=C(C)NC(C)=C(C(=O)O)C1c1cccc(C#N)c1. The number of carboxylic acids is 1. The molecule has 2 N–H and O–H groups in total. The minimum atomic E-state index is -1.14. The number of dihydropyridines is 1. The second-order valence-corrected chi connectivity index (χ2v) is 6.32. The van der Waals surface area contributed by atoms with Gasteiger partial charge in [-0.15, -0.1) is 0 Å². The molecule has 1 aliphatic heterocycles. The molecule has 0 aromatic heterocycles. The van der Waals surface area contributed by atoms with Gasteiger partial charge in [0.2, 0.25) is 0 Å². The van der Waals surface area contributed by atoms with E-state index in [1.807, 2.05) is 6.07 Å². The minimum absolute atomic E-state index is 0.0438. The minimum Gasteiger partial charge on any atom is -0.478 e. The number of rotatable bonds is 6. The number of allylic oxidation sites excluding steroid dienone is 2. The molecular weight excluding hydrogens is 348 g/mol. The molecule has 0 spiro atoms. The summed E-state index contributed by atoms with van der Waals surface area (Å²) in [5, 5.41) is 21.9. The first-order valence-corrected chi connectivity index (χ1v) is 8.42. The van der Waals surface area contributed by atoms with Crippen molar-refractivity contribution in [1.29, 1.82) is 5.26 Å². The Bertz CT molecular complexity index is 863. The number of methoxy groups -OCH3 is 1. The molecule has 0 bridgehead atoms. The molecule has 7 nitrogen and oxygen atoms in total. The summed E-state index contributed by atoms with van der Waals surface area (Å²) in [5.74, 6) is -2.61. The van der Waals surface area contributed by atoms with E-state index in [2.05, 4.69) is 5.32 Å². The maximum Gasteiger partial charge on any atom is 0.336 e. The van der Waals surface area contributed by atoms with Crippen molar-refractivity contribution in [2.45, 2.75) is 32.8 Å². The fourth-order valence-electron chi connectivity index (χ4n) is 3.01. The van der Waals surface area contributed by atoms with Crippen LogP contribution in [0.15, 0.2) is 46.8 Å². The molecule has 2 atom stereocenters. The van der Waals surface area contributed by atoms with E-state index in [0.29, 0.717) is 22.5 Å². The van der Waals surface area contributed by atoms with Crippen molar-refractivity contribution in [2.24, 2.45) is 0 Å². The van der Waals surface area contributed by atoms with Crippen LogP contribution in [0.25, 0.3) is 0 Å². The third-order valence-corrected chi connectivity index (χ3v) is 4.41. The number of esters is 1. The molecule has 0 saturated carbocycles. The molecule has 2 rings (SSSR count). The fourth-order valence-corrected chi connectivity index (χ4v) is 3.01. The number of carbonyl (C=O) groups is 2. The predicted molar refractivity (Wildman–Crippen MR) is 97.5 cm³/mol. The van der Waals surface area contributed by atoms with Crippen molar-refractivity contribution in [1.82, 2.24) is 5.32 Å². The summed E-state index contributed by atoms with van der Waals surface area (Å²) >= 11 is 0. The lowest BCUT2D eigenvalue weighted by Crippen LogP contribution is -2.32. The lowest BCUT2D eigenvalue weighted by Gasteiger charge is -2.30. The summed E-state index contributed by atoms with van der Waals surface area (Å²) in [6, 6.07) is 8.61. The van der Waals surface area contributed by atoms with Crippen LogP contribution in [-0.2, 0) is 19.1 Å². The lowest BCUT2D eigenvalue weighted by atomic mass is 9.80. The first-order valence-electron chi connectivity index (χ1n) is 8.42. The highest BCUT2D eigenvalue weighted by Crippen LogP contribution is 2.38. The number of nitrogens with zero attached hydrogens (tertiary/aromatic N) is 1. The summed E-state index contributed by atoms with van der Waals surface area (Å²) in [7, 11) is 1.51. The molecule has 27 heavy (non-hydrogen) atoms. The number of carbonyl (C=O) groups excluding carboxylic acids is 1. The third-order valence-electron chi connectivity index (χ3n) is 4.41. The molecule has 1 heterocycles. The highest BCUT2D eigenvalue weighted by Gasteiger charge is 2.37. The van der Waals surface area contributed by atoms with Crippen LogP contribution in [-0.4, -0.2) is 36.9 Å². The van der Waals surface area contributed by atoms with Crippen LogP contribution in [0.3, 0.4) is 0 Å². The van der Waals surface area contributed by atoms with Crippen molar-refractivity contribution < 1.29 is 24.2 Å². The smallest absolute Gasteiger partial charge is 0.336 e. The highest BCUT2D eigenvalue weighted by atomic mass is 16.6. The van der Waals surface area contributed by atoms with Crippen LogP contribution in [0.1, 0.15) is 37.8 Å². The fraction of sp³-hybridized carbons (Fsp3) is 0.350. The van der Waals surface area contributed by atoms with Crippen molar-refractivity contribution in [3.63, 3.8) is 0 Å². The van der Waals surface area contributed by atoms with E-state index in [1.165, 1.54) is 7.11 Å². The van der Waals surface area contributed by atoms with Crippen LogP contribution in [0, 0.1) is 11.3 Å². The third kappa shape index (κ3) is 4.36. The molecule has 0 radical (unpaired) electrons. The van der Waals surface area contributed by atoms with Crippen LogP contribution in [0.2, 0.25) is 0 Å². The first kappa shape index (κ1) is 20.2. The van der Waals surface area contributed by atoms with Gasteiger partial charge >= 0.3 is 11.9 Å². The molecule has 0 fully saturated rings. The van der Waals surface area contributed by atoms with Gasteiger partial charge in [-0.3, -0.25) is 0 Å². The Morgan fingerprint density at radius 2 is 1.96 bits per heavy atom. The van der Waals surface area contributed by atoms with Gasteiger partial charge in [0.05, 0.1) is 34.8 Å². The average molecular weight is 370 g/mol. The number of ether oxygens (including phenoxy) is 2. The number of hydrogen-bond acceptors (Lipinski definition) is 6. The summed E-state index contributed by atoms with van der Waals surface area (Å²) in [6.45, 7) is 5.14. The molecule has 0 aliphatic carbocycles. The largest absolute Gasteiger partial charge is 0.478 e. The number of hydrogen-bond donors (Lipinski definition) is 2. The molecule has 1 aromatic rings. The molecule has 1 aromatic carbocycles. The van der Waals surface area contributed by atoms with E-state index in [1.54, 1.807) is 45.0 Å². The number of nitrogens with one attached hydrogen (secondary N) is 1. The summed E-state index contributed by atoms with van der Waals surface area (Å²) < 4.78 is 10.4. The number of carboxylic acid groups (broad SMARTS) is 1. The van der Waals surface area contributed by atoms with Gasteiger partial charge < -0.3 is 19.9 Å². The zero-order chi connectivity index (χ0) is 20.1. The van der Waals surface area contributed by atoms with E-state index in [-0.39, 0.29) is 23.9 Å². The van der Waals surface area contributed by atoms with Gasteiger partial charge in [-0.25, -0.2) is 9.59 Å². The second kappa shape index (κ2) is 8.52. The molecule has 2 unspecified atom stereocenters. The first-order chi connectivity index (χ1) is 12.8. The van der Waals surface area contributed by atoms with Crippen molar-refractivity contribution >= 4 is 11.9 Å². The standard InChI is InChI=1S/C20H22N2O5/c1-11(26-4)10-27-20(25)17-13(3)22-12(2)16(19(23)24)18(17)15-7-5-6-14(8-15)9-21/h5-8,11,18,22H,10H2,1-4H3,(H,23,24). The number of aliphatic carboxylic acids is 1. The average Bonchev–Trinajstić information content (AvgIpc) is 2.64. The Morgan fingerprint density at radius 3 is 2.56 bits per heavy atom. The van der Waals surface area contributed by atoms with Gasteiger partial charge in [-0.05, 0) is 38.5 Å². The Balaban J connectivity index is 2.54. The van der Waals surface area contributed by atoms with E-state index >= 15 is 0 Å². The normalized spacial score (nSPS) is 17.8. The number of benzene rings is 1. The molecule has 0 amide bonds. The lowest BCUT2D eigenvalue weighted by molar-refractivity contribution is -0.142. The van der Waals surface area contributed by atoms with E-state index < -0.39 is 17.9 Å². The molecule has 0 saturated heterocycles. The van der Waals surface area contributed by atoms with Crippen LogP contribution in [0.5, 0.6) is 0 Å². The van der Waals surface area contributed by atoms with E-state index in [0.717, 1.165) is 0 Å².